The Morgan fingerprint density at radius 3 is 2.54 bits per heavy atom. The van der Waals surface area contributed by atoms with Gasteiger partial charge in [-0.1, -0.05) is 6.07 Å². The molecule has 3 rings (SSSR count). The summed E-state index contributed by atoms with van der Waals surface area (Å²) < 4.78 is 71.2. The zero-order valence-electron chi connectivity index (χ0n) is 14.7. The van der Waals surface area contributed by atoms with Gasteiger partial charge >= 0.3 is 6.18 Å². The number of fused-ring (bicyclic) bond motifs is 1. The van der Waals surface area contributed by atoms with Crippen LogP contribution in [0.4, 0.5) is 13.2 Å². The number of aryl methyl sites for hydroxylation is 1. The highest BCUT2D eigenvalue weighted by Crippen LogP contribution is 2.33. The minimum Gasteiger partial charge on any atom is -0.497 e. The molecule has 0 bridgehead atoms. The van der Waals surface area contributed by atoms with E-state index in [1.54, 1.807) is 12.1 Å². The smallest absolute Gasteiger partial charge is 0.416 e. The number of benzene rings is 2. The number of carbonyl (C=O) groups is 1. The summed E-state index contributed by atoms with van der Waals surface area (Å²) >= 11 is 0. The van der Waals surface area contributed by atoms with E-state index in [0.717, 1.165) is 22.2 Å². The minimum absolute atomic E-state index is 0.180. The first-order valence-electron chi connectivity index (χ1n) is 8.23. The van der Waals surface area contributed by atoms with Crippen molar-refractivity contribution in [1.29, 1.82) is 0 Å². The van der Waals surface area contributed by atoms with Crippen LogP contribution in [0.5, 0.6) is 5.75 Å². The van der Waals surface area contributed by atoms with Gasteiger partial charge in [0.1, 0.15) is 12.0 Å². The van der Waals surface area contributed by atoms with E-state index in [1.807, 2.05) is 0 Å². The van der Waals surface area contributed by atoms with Crippen molar-refractivity contribution in [1.82, 2.24) is 3.97 Å². The molecule has 0 saturated carbocycles. The van der Waals surface area contributed by atoms with Gasteiger partial charge in [0, 0.05) is 18.0 Å². The molecule has 0 unspecified atom stereocenters. The Morgan fingerprint density at radius 1 is 1.14 bits per heavy atom. The van der Waals surface area contributed by atoms with Crippen LogP contribution >= 0.6 is 0 Å². The Kier molecular flexibility index (Phi) is 5.20. The van der Waals surface area contributed by atoms with Crippen LogP contribution in [0, 0.1) is 0 Å². The lowest BCUT2D eigenvalue weighted by Gasteiger charge is -2.11. The monoisotopic (exact) mass is 411 g/mol. The number of nitrogens with zero attached hydrogens (tertiary/aromatic N) is 1. The Hall–Kier alpha value is -2.81. The maximum absolute atomic E-state index is 13.1. The molecule has 0 radical (unpaired) electrons. The van der Waals surface area contributed by atoms with E-state index in [-0.39, 0.29) is 12.8 Å². The van der Waals surface area contributed by atoms with Gasteiger partial charge in [0.25, 0.3) is 10.0 Å². The molecule has 3 aromatic rings. The first-order chi connectivity index (χ1) is 13.2. The number of hydrogen-bond acceptors (Lipinski definition) is 4. The molecule has 0 aliphatic rings. The van der Waals surface area contributed by atoms with E-state index in [4.69, 9.17) is 4.74 Å². The molecule has 28 heavy (non-hydrogen) atoms. The molecular formula is C19H16F3NO4S. The normalized spacial score (nSPS) is 12.3. The number of methoxy groups -OCH3 is 1. The van der Waals surface area contributed by atoms with Crippen molar-refractivity contribution in [3.05, 3.63) is 59.8 Å². The topological polar surface area (TPSA) is 65.4 Å². The second-order valence-electron chi connectivity index (χ2n) is 6.07. The quantitative estimate of drug-likeness (QED) is 0.575. The van der Waals surface area contributed by atoms with Crippen LogP contribution in [0.25, 0.3) is 10.9 Å². The molecule has 0 N–H and O–H groups in total. The molecule has 0 fully saturated rings. The van der Waals surface area contributed by atoms with E-state index in [0.29, 0.717) is 34.6 Å². The third-order valence-corrected chi connectivity index (χ3v) is 5.98. The van der Waals surface area contributed by atoms with Gasteiger partial charge in [-0.05, 0) is 48.4 Å². The fourth-order valence-electron chi connectivity index (χ4n) is 2.93. The SMILES string of the molecule is COc1ccc2c(c1)c(CCC=O)cn2S(=O)(=O)c1cccc(C(F)(F)F)c1. The largest absolute Gasteiger partial charge is 0.497 e. The van der Waals surface area contributed by atoms with Gasteiger partial charge in [-0.2, -0.15) is 13.2 Å². The van der Waals surface area contributed by atoms with Crippen LogP contribution in [0.15, 0.2) is 53.6 Å². The van der Waals surface area contributed by atoms with E-state index in [2.05, 4.69) is 0 Å². The molecule has 1 heterocycles. The highest BCUT2D eigenvalue weighted by molar-refractivity contribution is 7.90. The number of hydrogen-bond donors (Lipinski definition) is 0. The number of rotatable bonds is 6. The number of ether oxygens (including phenoxy) is 1. The van der Waals surface area contributed by atoms with Crippen LogP contribution < -0.4 is 4.74 Å². The second-order valence-corrected chi connectivity index (χ2v) is 7.88. The first-order valence-corrected chi connectivity index (χ1v) is 9.67. The van der Waals surface area contributed by atoms with Crippen molar-refractivity contribution >= 4 is 27.2 Å². The van der Waals surface area contributed by atoms with Gasteiger partial charge < -0.3 is 9.53 Å². The third-order valence-electron chi connectivity index (χ3n) is 4.31. The van der Waals surface area contributed by atoms with Gasteiger partial charge in [-0.15, -0.1) is 0 Å². The van der Waals surface area contributed by atoms with Gasteiger partial charge in [0.15, 0.2) is 0 Å². The summed E-state index contributed by atoms with van der Waals surface area (Å²) in [4.78, 5) is 10.3. The third kappa shape index (κ3) is 3.62. The zero-order valence-corrected chi connectivity index (χ0v) is 15.5. The van der Waals surface area contributed by atoms with E-state index in [9.17, 15) is 26.4 Å². The van der Waals surface area contributed by atoms with E-state index < -0.39 is 26.7 Å². The van der Waals surface area contributed by atoms with Crippen LogP contribution in [0.3, 0.4) is 0 Å². The number of alkyl halides is 3. The zero-order chi connectivity index (χ0) is 20.5. The summed E-state index contributed by atoms with van der Waals surface area (Å²) in [5.74, 6) is 0.495. The number of halogens is 3. The molecule has 148 valence electrons. The Balaban J connectivity index is 2.21. The lowest BCUT2D eigenvalue weighted by molar-refractivity contribution is -0.137. The highest BCUT2D eigenvalue weighted by Gasteiger charge is 2.32. The van der Waals surface area contributed by atoms with Crippen LogP contribution in [0.2, 0.25) is 0 Å². The average Bonchev–Trinajstić information content (AvgIpc) is 3.04. The summed E-state index contributed by atoms with van der Waals surface area (Å²) in [6.45, 7) is 0. The Bertz CT molecular complexity index is 1130. The summed E-state index contributed by atoms with van der Waals surface area (Å²) in [5.41, 5.74) is -0.177. The predicted molar refractivity (Wildman–Crippen MR) is 96.9 cm³/mol. The maximum atomic E-state index is 13.1. The average molecular weight is 411 g/mol. The highest BCUT2D eigenvalue weighted by atomic mass is 32.2. The van der Waals surface area contributed by atoms with Crippen molar-refractivity contribution in [2.45, 2.75) is 23.9 Å². The fourth-order valence-corrected chi connectivity index (χ4v) is 4.37. The van der Waals surface area contributed by atoms with Crippen molar-refractivity contribution in [3.63, 3.8) is 0 Å². The van der Waals surface area contributed by atoms with Crippen molar-refractivity contribution in [2.75, 3.05) is 7.11 Å². The molecule has 0 saturated heterocycles. The molecule has 2 aromatic carbocycles. The predicted octanol–water partition coefficient (Wildman–Crippen LogP) is 4.04. The van der Waals surface area contributed by atoms with E-state index >= 15 is 0 Å². The lowest BCUT2D eigenvalue weighted by Crippen LogP contribution is -2.13. The molecule has 0 amide bonds. The number of aldehydes is 1. The standard InChI is InChI=1S/C19H16F3NO4S/c1-27-15-7-8-18-17(11-15)13(4-3-9-24)12-23(18)28(25,26)16-6-2-5-14(10-16)19(20,21)22/h2,5-12H,3-4H2,1H3. The molecule has 0 spiro atoms. The molecule has 1 aromatic heterocycles. The van der Waals surface area contributed by atoms with Gasteiger partial charge in [0.2, 0.25) is 0 Å². The summed E-state index contributed by atoms with van der Waals surface area (Å²) in [6.07, 6.45) is -2.14. The maximum Gasteiger partial charge on any atom is 0.416 e. The van der Waals surface area contributed by atoms with E-state index in [1.165, 1.54) is 19.4 Å². The molecular weight excluding hydrogens is 395 g/mol. The van der Waals surface area contributed by atoms with Crippen molar-refractivity contribution in [3.8, 4) is 5.75 Å². The molecule has 5 nitrogen and oxygen atoms in total. The van der Waals surface area contributed by atoms with Gasteiger partial charge in [0.05, 0.1) is 23.1 Å². The van der Waals surface area contributed by atoms with Gasteiger partial charge in [-0.3, -0.25) is 0 Å². The van der Waals surface area contributed by atoms with Crippen LogP contribution in [-0.4, -0.2) is 25.8 Å². The summed E-state index contributed by atoms with van der Waals surface area (Å²) in [6, 6.07) is 8.30. The van der Waals surface area contributed by atoms with Crippen LogP contribution in [-0.2, 0) is 27.4 Å². The second kappa shape index (κ2) is 7.31. The Morgan fingerprint density at radius 2 is 1.89 bits per heavy atom. The lowest BCUT2D eigenvalue weighted by atomic mass is 10.1. The molecule has 0 aliphatic carbocycles. The van der Waals surface area contributed by atoms with Gasteiger partial charge in [-0.25, -0.2) is 12.4 Å². The van der Waals surface area contributed by atoms with Crippen molar-refractivity contribution < 1.29 is 31.1 Å². The Labute approximate surface area is 159 Å². The number of aromatic nitrogens is 1. The molecule has 0 aliphatic heterocycles. The molecule has 9 heteroatoms. The number of carbonyl (C=O) groups excluding carboxylic acids is 1. The fraction of sp³-hybridized carbons (Fsp3) is 0.211. The van der Waals surface area contributed by atoms with Crippen molar-refractivity contribution in [2.24, 2.45) is 0 Å². The minimum atomic E-state index is -4.66. The molecule has 0 atom stereocenters. The first kappa shape index (κ1) is 19.9. The summed E-state index contributed by atoms with van der Waals surface area (Å²) in [5, 5.41) is 0.553. The summed E-state index contributed by atoms with van der Waals surface area (Å²) in [7, 11) is -2.82. The van der Waals surface area contributed by atoms with Crippen LogP contribution in [0.1, 0.15) is 17.5 Å².